The van der Waals surface area contributed by atoms with Gasteiger partial charge in [-0.15, -0.1) is 0 Å². The lowest BCUT2D eigenvalue weighted by Gasteiger charge is -2.11. The highest BCUT2D eigenvalue weighted by Gasteiger charge is 2.07. The fourth-order valence-electron chi connectivity index (χ4n) is 2.17. The Hall–Kier alpha value is -2.62. The molecule has 0 saturated carbocycles. The molecule has 0 fully saturated rings. The fraction of sp³-hybridized carbons (Fsp3) is 0.263. The first-order valence-corrected chi connectivity index (χ1v) is 7.57. The molecule has 23 heavy (non-hydrogen) atoms. The summed E-state index contributed by atoms with van der Waals surface area (Å²) in [6.45, 7) is 5.83. The first-order valence-electron chi connectivity index (χ1n) is 7.57. The van der Waals surface area contributed by atoms with Crippen molar-refractivity contribution in [2.45, 2.75) is 27.2 Å². The topological polar surface area (TPSA) is 55.4 Å². The molecule has 2 aromatic rings. The summed E-state index contributed by atoms with van der Waals surface area (Å²) in [7, 11) is 0. The average Bonchev–Trinajstić information content (AvgIpc) is 2.51. The summed E-state index contributed by atoms with van der Waals surface area (Å²) in [5, 5.41) is 2.78. The largest absolute Gasteiger partial charge is 0.493 e. The highest BCUT2D eigenvalue weighted by Crippen LogP contribution is 2.20. The van der Waals surface area contributed by atoms with Crippen LogP contribution in [0.2, 0.25) is 0 Å². The molecule has 4 heteroatoms. The van der Waals surface area contributed by atoms with Gasteiger partial charge in [0.1, 0.15) is 5.75 Å². The van der Waals surface area contributed by atoms with Crippen molar-refractivity contribution in [3.63, 3.8) is 0 Å². The van der Waals surface area contributed by atoms with Gasteiger partial charge in [0.15, 0.2) is 5.78 Å². The second-order valence-corrected chi connectivity index (χ2v) is 5.48. The van der Waals surface area contributed by atoms with E-state index in [2.05, 4.69) is 5.32 Å². The van der Waals surface area contributed by atoms with Gasteiger partial charge in [-0.3, -0.25) is 9.59 Å². The van der Waals surface area contributed by atoms with Gasteiger partial charge in [-0.2, -0.15) is 0 Å². The monoisotopic (exact) mass is 311 g/mol. The molecule has 0 atom stereocenters. The van der Waals surface area contributed by atoms with Gasteiger partial charge < -0.3 is 10.1 Å². The van der Waals surface area contributed by atoms with Gasteiger partial charge in [-0.25, -0.2) is 0 Å². The van der Waals surface area contributed by atoms with E-state index >= 15 is 0 Å². The van der Waals surface area contributed by atoms with Crippen LogP contribution in [0.25, 0.3) is 0 Å². The van der Waals surface area contributed by atoms with Crippen molar-refractivity contribution in [1.82, 2.24) is 0 Å². The summed E-state index contributed by atoms with van der Waals surface area (Å²) < 4.78 is 5.67. The number of ether oxygens (including phenoxy) is 1. The first-order chi connectivity index (χ1) is 11.0. The fourth-order valence-corrected chi connectivity index (χ4v) is 2.17. The van der Waals surface area contributed by atoms with Crippen molar-refractivity contribution < 1.29 is 14.3 Å². The molecule has 0 bridgehead atoms. The van der Waals surface area contributed by atoms with Crippen LogP contribution in [-0.2, 0) is 4.79 Å². The van der Waals surface area contributed by atoms with Crippen LogP contribution < -0.4 is 10.1 Å². The normalized spacial score (nSPS) is 10.2. The first kappa shape index (κ1) is 16.7. The van der Waals surface area contributed by atoms with Crippen LogP contribution in [-0.4, -0.2) is 18.3 Å². The minimum Gasteiger partial charge on any atom is -0.493 e. The number of aryl methyl sites for hydroxylation is 1. The van der Waals surface area contributed by atoms with Gasteiger partial charge in [0.05, 0.1) is 13.0 Å². The van der Waals surface area contributed by atoms with Crippen LogP contribution in [0.4, 0.5) is 5.69 Å². The molecule has 120 valence electrons. The molecule has 0 unspecified atom stereocenters. The molecule has 1 amide bonds. The van der Waals surface area contributed by atoms with E-state index in [4.69, 9.17) is 4.74 Å². The lowest BCUT2D eigenvalue weighted by molar-refractivity contribution is -0.116. The van der Waals surface area contributed by atoms with Crippen molar-refractivity contribution >= 4 is 17.4 Å². The van der Waals surface area contributed by atoms with Crippen LogP contribution in [0.5, 0.6) is 5.75 Å². The third kappa shape index (κ3) is 4.68. The second-order valence-electron chi connectivity index (χ2n) is 5.48. The molecule has 0 aromatic heterocycles. The molecule has 0 spiro atoms. The van der Waals surface area contributed by atoms with Gasteiger partial charge >= 0.3 is 0 Å². The second kappa shape index (κ2) is 7.58. The van der Waals surface area contributed by atoms with Crippen molar-refractivity contribution in [3.8, 4) is 5.75 Å². The Bertz CT molecular complexity index is 722. The minimum atomic E-state index is -0.143. The summed E-state index contributed by atoms with van der Waals surface area (Å²) in [4.78, 5) is 23.3. The zero-order valence-corrected chi connectivity index (χ0v) is 13.7. The maximum Gasteiger partial charge on any atom is 0.227 e. The van der Waals surface area contributed by atoms with E-state index in [9.17, 15) is 9.59 Å². The van der Waals surface area contributed by atoms with E-state index < -0.39 is 0 Å². The van der Waals surface area contributed by atoms with Crippen LogP contribution in [0, 0.1) is 13.8 Å². The Balaban J connectivity index is 1.87. The Morgan fingerprint density at radius 2 is 1.83 bits per heavy atom. The summed E-state index contributed by atoms with van der Waals surface area (Å²) >= 11 is 0. The number of Topliss-reactive ketones (excluding diaryl/α,β-unsaturated/α-hetero) is 1. The molecule has 4 nitrogen and oxygen atoms in total. The Morgan fingerprint density at radius 3 is 2.57 bits per heavy atom. The smallest absolute Gasteiger partial charge is 0.227 e. The van der Waals surface area contributed by atoms with Gasteiger partial charge in [0.25, 0.3) is 0 Å². The van der Waals surface area contributed by atoms with Crippen molar-refractivity contribution in [3.05, 3.63) is 59.2 Å². The van der Waals surface area contributed by atoms with Gasteiger partial charge in [0, 0.05) is 11.3 Å². The summed E-state index contributed by atoms with van der Waals surface area (Å²) in [5.41, 5.74) is 3.44. The summed E-state index contributed by atoms with van der Waals surface area (Å²) in [6, 6.07) is 12.8. The molecule has 0 aliphatic rings. The molecule has 1 N–H and O–H groups in total. The molecule has 0 aliphatic heterocycles. The zero-order valence-electron chi connectivity index (χ0n) is 13.7. The number of hydrogen-bond donors (Lipinski definition) is 1. The number of hydrogen-bond acceptors (Lipinski definition) is 3. The van der Waals surface area contributed by atoms with E-state index in [1.165, 1.54) is 6.92 Å². The van der Waals surface area contributed by atoms with Crippen molar-refractivity contribution in [1.29, 1.82) is 0 Å². The number of carbonyl (C=O) groups is 2. The van der Waals surface area contributed by atoms with Crippen molar-refractivity contribution in [2.24, 2.45) is 0 Å². The Kier molecular flexibility index (Phi) is 5.52. The molecular formula is C19H21NO3. The van der Waals surface area contributed by atoms with Crippen LogP contribution in [0.15, 0.2) is 42.5 Å². The number of carbonyl (C=O) groups excluding carboxylic acids is 2. The predicted octanol–water partition coefficient (Wildman–Crippen LogP) is 3.91. The number of benzene rings is 2. The zero-order chi connectivity index (χ0) is 16.8. The number of amides is 1. The number of nitrogens with one attached hydrogen (secondary N) is 1. The number of ketones is 1. The van der Waals surface area contributed by atoms with E-state index in [0.29, 0.717) is 17.9 Å². The van der Waals surface area contributed by atoms with Crippen LogP contribution >= 0.6 is 0 Å². The van der Waals surface area contributed by atoms with Crippen LogP contribution in [0.1, 0.15) is 34.8 Å². The SMILES string of the molecule is CC(=O)c1cccc(NC(=O)CCOc2cccc(C)c2C)c1. The number of rotatable bonds is 6. The Morgan fingerprint density at radius 1 is 1.09 bits per heavy atom. The summed E-state index contributed by atoms with van der Waals surface area (Å²) in [6.07, 6.45) is 0.248. The molecule has 2 aromatic carbocycles. The molecule has 0 heterocycles. The quantitative estimate of drug-likeness (QED) is 0.823. The van der Waals surface area contributed by atoms with Gasteiger partial charge in [0.2, 0.25) is 5.91 Å². The molecular weight excluding hydrogens is 290 g/mol. The summed E-state index contributed by atoms with van der Waals surface area (Å²) in [5.74, 6) is 0.631. The minimum absolute atomic E-state index is 0.0284. The van der Waals surface area contributed by atoms with Gasteiger partial charge in [-0.1, -0.05) is 24.3 Å². The highest BCUT2D eigenvalue weighted by molar-refractivity contribution is 5.97. The van der Waals surface area contributed by atoms with E-state index in [0.717, 1.165) is 16.9 Å². The third-order valence-corrected chi connectivity index (χ3v) is 3.69. The molecule has 0 radical (unpaired) electrons. The maximum absolute atomic E-state index is 12.0. The molecule has 2 rings (SSSR count). The van der Waals surface area contributed by atoms with Crippen LogP contribution in [0.3, 0.4) is 0 Å². The molecule has 0 aliphatic carbocycles. The van der Waals surface area contributed by atoms with E-state index in [1.54, 1.807) is 24.3 Å². The van der Waals surface area contributed by atoms with E-state index in [1.807, 2.05) is 32.0 Å². The highest BCUT2D eigenvalue weighted by atomic mass is 16.5. The molecule has 0 saturated heterocycles. The standard InChI is InChI=1S/C19H21NO3/c1-13-6-4-9-18(14(13)2)23-11-10-19(22)20-17-8-5-7-16(12-17)15(3)21/h4-9,12H,10-11H2,1-3H3,(H,20,22). The van der Waals surface area contributed by atoms with Crippen molar-refractivity contribution in [2.75, 3.05) is 11.9 Å². The lowest BCUT2D eigenvalue weighted by Crippen LogP contribution is -2.15. The third-order valence-electron chi connectivity index (χ3n) is 3.69. The maximum atomic E-state index is 12.0. The number of anilines is 1. The average molecular weight is 311 g/mol. The Labute approximate surface area is 136 Å². The lowest BCUT2D eigenvalue weighted by atomic mass is 10.1. The predicted molar refractivity (Wildman–Crippen MR) is 91.1 cm³/mol. The van der Waals surface area contributed by atoms with E-state index in [-0.39, 0.29) is 18.1 Å². The van der Waals surface area contributed by atoms with Gasteiger partial charge in [-0.05, 0) is 50.1 Å².